The predicted octanol–water partition coefficient (Wildman–Crippen LogP) is 0.910. The second-order valence-electron chi connectivity index (χ2n) is 3.95. The van der Waals surface area contributed by atoms with E-state index >= 15 is 0 Å². The van der Waals surface area contributed by atoms with Crippen molar-refractivity contribution in [2.24, 2.45) is 0 Å². The molecule has 2 heterocycles. The van der Waals surface area contributed by atoms with E-state index < -0.39 is 5.97 Å². The van der Waals surface area contributed by atoms with Gasteiger partial charge >= 0.3 is 5.97 Å². The molecule has 1 N–H and O–H groups in total. The molecule has 0 spiro atoms. The summed E-state index contributed by atoms with van der Waals surface area (Å²) < 4.78 is 1.83. The van der Waals surface area contributed by atoms with Gasteiger partial charge in [0.25, 0.3) is 0 Å². The number of carbonyl (C=O) groups is 1. The SMILES string of the molecule is Cc1cnc(Cn2c(C)nnc2SCC(=O)O)cn1. The molecule has 0 amide bonds. The van der Waals surface area contributed by atoms with Crippen molar-refractivity contribution in [1.82, 2.24) is 24.7 Å². The maximum Gasteiger partial charge on any atom is 0.313 e. The Balaban J connectivity index is 2.16. The van der Waals surface area contributed by atoms with Crippen LogP contribution >= 0.6 is 11.8 Å². The number of hydrogen-bond donors (Lipinski definition) is 1. The highest BCUT2D eigenvalue weighted by Crippen LogP contribution is 2.17. The van der Waals surface area contributed by atoms with E-state index in [0.717, 1.165) is 29.0 Å². The topological polar surface area (TPSA) is 93.8 Å². The minimum absolute atomic E-state index is 0.0439. The maximum atomic E-state index is 10.6. The van der Waals surface area contributed by atoms with Gasteiger partial charge in [-0.05, 0) is 13.8 Å². The zero-order chi connectivity index (χ0) is 13.8. The van der Waals surface area contributed by atoms with Crippen molar-refractivity contribution in [3.8, 4) is 0 Å². The van der Waals surface area contributed by atoms with Crippen molar-refractivity contribution in [3.63, 3.8) is 0 Å². The molecule has 0 aliphatic carbocycles. The summed E-state index contributed by atoms with van der Waals surface area (Å²) in [7, 11) is 0. The fourth-order valence-electron chi connectivity index (χ4n) is 1.44. The molecule has 2 aromatic rings. The molecule has 0 unspecified atom stereocenters. The van der Waals surface area contributed by atoms with Crippen LogP contribution in [0.3, 0.4) is 0 Å². The molecule has 2 rings (SSSR count). The van der Waals surface area contributed by atoms with Crippen LogP contribution in [0.2, 0.25) is 0 Å². The largest absolute Gasteiger partial charge is 0.481 e. The molecule has 100 valence electrons. The fraction of sp³-hybridized carbons (Fsp3) is 0.364. The first-order chi connectivity index (χ1) is 9.06. The lowest BCUT2D eigenvalue weighted by atomic mass is 10.4. The van der Waals surface area contributed by atoms with Crippen LogP contribution in [-0.4, -0.2) is 41.6 Å². The number of hydrogen-bond acceptors (Lipinski definition) is 6. The molecule has 8 heteroatoms. The highest BCUT2D eigenvalue weighted by Gasteiger charge is 2.12. The van der Waals surface area contributed by atoms with Gasteiger partial charge in [-0.15, -0.1) is 10.2 Å². The number of aliphatic carboxylic acids is 1. The third-order valence-electron chi connectivity index (χ3n) is 2.38. The fourth-order valence-corrected chi connectivity index (χ4v) is 2.14. The van der Waals surface area contributed by atoms with Gasteiger partial charge < -0.3 is 9.67 Å². The van der Waals surface area contributed by atoms with Gasteiger partial charge in [0.15, 0.2) is 5.16 Å². The molecule has 19 heavy (non-hydrogen) atoms. The van der Waals surface area contributed by atoms with E-state index in [1.165, 1.54) is 0 Å². The monoisotopic (exact) mass is 279 g/mol. The van der Waals surface area contributed by atoms with Crippen LogP contribution in [0.1, 0.15) is 17.2 Å². The minimum atomic E-state index is -0.882. The summed E-state index contributed by atoms with van der Waals surface area (Å²) in [5, 5.41) is 17.2. The van der Waals surface area contributed by atoms with Gasteiger partial charge in [0.1, 0.15) is 5.82 Å². The van der Waals surface area contributed by atoms with Gasteiger partial charge in [0.05, 0.1) is 29.9 Å². The van der Waals surface area contributed by atoms with Crippen molar-refractivity contribution in [2.45, 2.75) is 25.5 Å². The highest BCUT2D eigenvalue weighted by molar-refractivity contribution is 7.99. The van der Waals surface area contributed by atoms with Crippen LogP contribution < -0.4 is 0 Å². The molecule has 0 saturated carbocycles. The lowest BCUT2D eigenvalue weighted by Gasteiger charge is -2.06. The molecule has 0 saturated heterocycles. The first-order valence-electron chi connectivity index (χ1n) is 5.58. The van der Waals surface area contributed by atoms with E-state index in [2.05, 4.69) is 20.2 Å². The van der Waals surface area contributed by atoms with E-state index in [1.807, 2.05) is 18.4 Å². The standard InChI is InChI=1S/C11H13N5O2S/c1-7-3-13-9(4-12-7)5-16-8(2)14-15-11(16)19-6-10(17)18/h3-4H,5-6H2,1-2H3,(H,17,18). The average molecular weight is 279 g/mol. The highest BCUT2D eigenvalue weighted by atomic mass is 32.2. The summed E-state index contributed by atoms with van der Waals surface area (Å²) in [4.78, 5) is 19.0. The van der Waals surface area contributed by atoms with Gasteiger partial charge in [-0.2, -0.15) is 0 Å². The van der Waals surface area contributed by atoms with Crippen LogP contribution in [0.4, 0.5) is 0 Å². The molecule has 2 aromatic heterocycles. The quantitative estimate of drug-likeness (QED) is 0.813. The van der Waals surface area contributed by atoms with E-state index in [-0.39, 0.29) is 5.75 Å². The van der Waals surface area contributed by atoms with Gasteiger partial charge in [0.2, 0.25) is 0 Å². The number of thioether (sulfide) groups is 1. The van der Waals surface area contributed by atoms with E-state index in [9.17, 15) is 4.79 Å². The number of rotatable bonds is 5. The van der Waals surface area contributed by atoms with Crippen molar-refractivity contribution < 1.29 is 9.90 Å². The van der Waals surface area contributed by atoms with E-state index in [4.69, 9.17) is 5.11 Å². The summed E-state index contributed by atoms with van der Waals surface area (Å²) in [6, 6.07) is 0. The molecule has 0 fully saturated rings. The molecule has 0 bridgehead atoms. The molecule has 0 radical (unpaired) electrons. The van der Waals surface area contributed by atoms with E-state index in [1.54, 1.807) is 12.4 Å². The van der Waals surface area contributed by atoms with Crippen LogP contribution in [0.15, 0.2) is 17.6 Å². The van der Waals surface area contributed by atoms with Gasteiger partial charge in [-0.3, -0.25) is 14.8 Å². The lowest BCUT2D eigenvalue weighted by Crippen LogP contribution is -2.07. The Labute approximate surface area is 114 Å². The predicted molar refractivity (Wildman–Crippen MR) is 69.0 cm³/mol. The van der Waals surface area contributed by atoms with Crippen molar-refractivity contribution in [3.05, 3.63) is 29.6 Å². The number of carboxylic acid groups (broad SMARTS) is 1. The number of aryl methyl sites for hydroxylation is 2. The zero-order valence-electron chi connectivity index (χ0n) is 10.6. The lowest BCUT2D eigenvalue weighted by molar-refractivity contribution is -0.133. The molecule has 0 aromatic carbocycles. The summed E-state index contributed by atoms with van der Waals surface area (Å²) in [5.74, 6) is -0.208. The Hall–Kier alpha value is -1.96. The van der Waals surface area contributed by atoms with Crippen molar-refractivity contribution in [2.75, 3.05) is 5.75 Å². The average Bonchev–Trinajstić information content (AvgIpc) is 2.71. The molecular formula is C11H13N5O2S. The minimum Gasteiger partial charge on any atom is -0.481 e. The first-order valence-corrected chi connectivity index (χ1v) is 6.56. The molecule has 0 atom stereocenters. The first kappa shape index (κ1) is 13.5. The Bertz CT molecular complexity index is 581. The summed E-state index contributed by atoms with van der Waals surface area (Å²) in [5.41, 5.74) is 1.63. The molecule has 7 nitrogen and oxygen atoms in total. The summed E-state index contributed by atoms with van der Waals surface area (Å²) in [6.07, 6.45) is 3.39. The third kappa shape index (κ3) is 3.50. The Kier molecular flexibility index (Phi) is 4.10. The Morgan fingerprint density at radius 3 is 2.74 bits per heavy atom. The second-order valence-corrected chi connectivity index (χ2v) is 4.89. The Morgan fingerprint density at radius 1 is 1.32 bits per heavy atom. The molecule has 0 aliphatic heterocycles. The number of nitrogens with zero attached hydrogens (tertiary/aromatic N) is 5. The van der Waals surface area contributed by atoms with Crippen LogP contribution in [-0.2, 0) is 11.3 Å². The number of aromatic nitrogens is 5. The second kappa shape index (κ2) is 5.79. The third-order valence-corrected chi connectivity index (χ3v) is 3.33. The normalized spacial score (nSPS) is 10.6. The smallest absolute Gasteiger partial charge is 0.313 e. The van der Waals surface area contributed by atoms with Gasteiger partial charge in [0, 0.05) is 6.20 Å². The molecular weight excluding hydrogens is 266 g/mol. The van der Waals surface area contributed by atoms with Gasteiger partial charge in [-0.1, -0.05) is 11.8 Å². The molecule has 0 aliphatic rings. The van der Waals surface area contributed by atoms with Crippen LogP contribution in [0.5, 0.6) is 0 Å². The van der Waals surface area contributed by atoms with Gasteiger partial charge in [-0.25, -0.2) is 0 Å². The maximum absolute atomic E-state index is 10.6. The summed E-state index contributed by atoms with van der Waals surface area (Å²) >= 11 is 1.14. The zero-order valence-corrected chi connectivity index (χ0v) is 11.4. The Morgan fingerprint density at radius 2 is 2.11 bits per heavy atom. The van der Waals surface area contributed by atoms with Crippen molar-refractivity contribution >= 4 is 17.7 Å². The van der Waals surface area contributed by atoms with Crippen molar-refractivity contribution in [1.29, 1.82) is 0 Å². The van der Waals surface area contributed by atoms with Crippen LogP contribution in [0.25, 0.3) is 0 Å². The van der Waals surface area contributed by atoms with Crippen LogP contribution in [0, 0.1) is 13.8 Å². The number of carboxylic acids is 1. The van der Waals surface area contributed by atoms with E-state index in [0.29, 0.717) is 11.7 Å². The summed E-state index contributed by atoms with van der Waals surface area (Å²) in [6.45, 7) is 4.17.